The molecule has 3 N–H and O–H groups in total. The standard InChI is InChI=1S/C15H16N2O3/c18-10-12(8-11-4-2-1-3-5-11)17-14-6-7-16-9-13(14)15(19)20/h1-7,9,12,18H,8,10H2,(H,16,17)(H,19,20). The smallest absolute Gasteiger partial charge is 0.339 e. The van der Waals surface area contributed by atoms with Crippen molar-refractivity contribution in [3.05, 3.63) is 59.9 Å². The van der Waals surface area contributed by atoms with Crippen molar-refractivity contribution < 1.29 is 15.0 Å². The van der Waals surface area contributed by atoms with Gasteiger partial charge in [0.25, 0.3) is 0 Å². The van der Waals surface area contributed by atoms with Gasteiger partial charge in [0, 0.05) is 12.4 Å². The molecule has 20 heavy (non-hydrogen) atoms. The number of hydrogen-bond donors (Lipinski definition) is 3. The lowest BCUT2D eigenvalue weighted by atomic mass is 10.1. The van der Waals surface area contributed by atoms with Crippen LogP contribution in [0.15, 0.2) is 48.8 Å². The lowest BCUT2D eigenvalue weighted by molar-refractivity contribution is 0.0697. The summed E-state index contributed by atoms with van der Waals surface area (Å²) in [5.41, 5.74) is 1.63. The number of nitrogens with zero attached hydrogens (tertiary/aromatic N) is 1. The van der Waals surface area contributed by atoms with Gasteiger partial charge in [-0.15, -0.1) is 0 Å². The number of carboxylic acids is 1. The highest BCUT2D eigenvalue weighted by molar-refractivity contribution is 5.93. The van der Waals surface area contributed by atoms with Crippen molar-refractivity contribution in [1.82, 2.24) is 4.98 Å². The Bertz CT molecular complexity index is 572. The third-order valence-corrected chi connectivity index (χ3v) is 2.96. The number of aliphatic hydroxyl groups excluding tert-OH is 1. The number of aromatic nitrogens is 1. The molecule has 5 nitrogen and oxygen atoms in total. The molecule has 104 valence electrons. The van der Waals surface area contributed by atoms with Crippen LogP contribution in [0.4, 0.5) is 5.69 Å². The third kappa shape index (κ3) is 3.55. The second-order valence-electron chi connectivity index (χ2n) is 4.44. The van der Waals surface area contributed by atoms with Gasteiger partial charge in [0.1, 0.15) is 5.56 Å². The highest BCUT2D eigenvalue weighted by Crippen LogP contribution is 2.16. The fourth-order valence-corrected chi connectivity index (χ4v) is 1.97. The minimum Gasteiger partial charge on any atom is -0.478 e. The Kier molecular flexibility index (Phi) is 4.68. The highest BCUT2D eigenvalue weighted by atomic mass is 16.4. The molecule has 0 aliphatic carbocycles. The molecule has 1 aromatic carbocycles. The van der Waals surface area contributed by atoms with Gasteiger partial charge in [0.15, 0.2) is 0 Å². The lowest BCUT2D eigenvalue weighted by Gasteiger charge is -2.18. The first-order valence-electron chi connectivity index (χ1n) is 6.29. The number of carboxylic acid groups (broad SMARTS) is 1. The van der Waals surface area contributed by atoms with Crippen LogP contribution < -0.4 is 5.32 Å². The minimum absolute atomic E-state index is 0.0870. The Morgan fingerprint density at radius 2 is 2.00 bits per heavy atom. The average molecular weight is 272 g/mol. The van der Waals surface area contributed by atoms with E-state index in [4.69, 9.17) is 5.11 Å². The molecule has 1 aromatic heterocycles. The van der Waals surface area contributed by atoms with E-state index in [1.807, 2.05) is 30.3 Å². The van der Waals surface area contributed by atoms with Gasteiger partial charge in [-0.2, -0.15) is 0 Å². The Morgan fingerprint density at radius 1 is 1.25 bits per heavy atom. The Labute approximate surface area is 116 Å². The molecule has 2 aromatic rings. The monoisotopic (exact) mass is 272 g/mol. The van der Waals surface area contributed by atoms with Crippen LogP contribution in [0.2, 0.25) is 0 Å². The van der Waals surface area contributed by atoms with Gasteiger partial charge < -0.3 is 15.5 Å². The van der Waals surface area contributed by atoms with Gasteiger partial charge in [-0.1, -0.05) is 30.3 Å². The summed E-state index contributed by atoms with van der Waals surface area (Å²) in [6, 6.07) is 11.1. The van der Waals surface area contributed by atoms with E-state index in [9.17, 15) is 9.90 Å². The van der Waals surface area contributed by atoms with Crippen LogP contribution in [-0.4, -0.2) is 33.8 Å². The summed E-state index contributed by atoms with van der Waals surface area (Å²) in [5.74, 6) is -1.04. The van der Waals surface area contributed by atoms with Crippen LogP contribution in [-0.2, 0) is 6.42 Å². The fraction of sp³-hybridized carbons (Fsp3) is 0.200. The van der Waals surface area contributed by atoms with Gasteiger partial charge in [-0.3, -0.25) is 4.98 Å². The zero-order valence-electron chi connectivity index (χ0n) is 10.9. The largest absolute Gasteiger partial charge is 0.478 e. The van der Waals surface area contributed by atoms with E-state index in [1.54, 1.807) is 6.07 Å². The van der Waals surface area contributed by atoms with E-state index in [1.165, 1.54) is 12.4 Å². The predicted octanol–water partition coefficient (Wildman–Crippen LogP) is 1.80. The van der Waals surface area contributed by atoms with E-state index in [-0.39, 0.29) is 18.2 Å². The summed E-state index contributed by atoms with van der Waals surface area (Å²) >= 11 is 0. The zero-order chi connectivity index (χ0) is 14.4. The number of hydrogen-bond acceptors (Lipinski definition) is 4. The molecule has 0 amide bonds. The zero-order valence-corrected chi connectivity index (χ0v) is 10.9. The molecule has 1 unspecified atom stereocenters. The maximum absolute atomic E-state index is 11.1. The van der Waals surface area contributed by atoms with E-state index >= 15 is 0 Å². The SMILES string of the molecule is O=C(O)c1cnccc1NC(CO)Cc1ccccc1. The van der Waals surface area contributed by atoms with Gasteiger partial charge in [-0.05, 0) is 18.1 Å². The predicted molar refractivity (Wildman–Crippen MR) is 75.8 cm³/mol. The molecule has 5 heteroatoms. The molecule has 0 bridgehead atoms. The van der Waals surface area contributed by atoms with Crippen LogP contribution >= 0.6 is 0 Å². The van der Waals surface area contributed by atoms with E-state index < -0.39 is 5.97 Å². The molecule has 0 fully saturated rings. The van der Waals surface area contributed by atoms with Crippen molar-refractivity contribution in [2.45, 2.75) is 12.5 Å². The van der Waals surface area contributed by atoms with Crippen molar-refractivity contribution in [2.24, 2.45) is 0 Å². The van der Waals surface area contributed by atoms with E-state index in [0.717, 1.165) is 5.56 Å². The lowest BCUT2D eigenvalue weighted by Crippen LogP contribution is -2.27. The molecule has 0 radical (unpaired) electrons. The van der Waals surface area contributed by atoms with Crippen molar-refractivity contribution in [1.29, 1.82) is 0 Å². The molecule has 0 saturated carbocycles. The van der Waals surface area contributed by atoms with Gasteiger partial charge in [-0.25, -0.2) is 4.79 Å². The van der Waals surface area contributed by atoms with Gasteiger partial charge >= 0.3 is 5.97 Å². The molecule has 1 atom stereocenters. The molecule has 0 spiro atoms. The second kappa shape index (κ2) is 6.68. The van der Waals surface area contributed by atoms with Crippen molar-refractivity contribution in [2.75, 3.05) is 11.9 Å². The summed E-state index contributed by atoms with van der Waals surface area (Å²) in [5, 5.41) is 21.6. The number of pyridine rings is 1. The number of anilines is 1. The number of benzene rings is 1. The molecular weight excluding hydrogens is 256 g/mol. The fourth-order valence-electron chi connectivity index (χ4n) is 1.97. The Morgan fingerprint density at radius 3 is 2.65 bits per heavy atom. The van der Waals surface area contributed by atoms with Gasteiger partial charge in [0.05, 0.1) is 18.3 Å². The average Bonchev–Trinajstić information content (AvgIpc) is 2.48. The van der Waals surface area contributed by atoms with E-state index in [0.29, 0.717) is 12.1 Å². The molecule has 0 aliphatic rings. The van der Waals surface area contributed by atoms with Crippen LogP contribution in [0.5, 0.6) is 0 Å². The number of nitrogens with one attached hydrogen (secondary N) is 1. The van der Waals surface area contributed by atoms with Gasteiger partial charge in [0.2, 0.25) is 0 Å². The first-order chi connectivity index (χ1) is 9.70. The van der Waals surface area contributed by atoms with Crippen LogP contribution in [0.25, 0.3) is 0 Å². The van der Waals surface area contributed by atoms with Crippen molar-refractivity contribution >= 4 is 11.7 Å². The summed E-state index contributed by atoms with van der Waals surface area (Å²) < 4.78 is 0. The first kappa shape index (κ1) is 14.0. The first-order valence-corrected chi connectivity index (χ1v) is 6.29. The Hall–Kier alpha value is -2.40. The quantitative estimate of drug-likeness (QED) is 0.747. The minimum atomic E-state index is -1.04. The third-order valence-electron chi connectivity index (χ3n) is 2.96. The number of aliphatic hydroxyl groups is 1. The van der Waals surface area contributed by atoms with Crippen LogP contribution in [0.1, 0.15) is 15.9 Å². The van der Waals surface area contributed by atoms with Crippen LogP contribution in [0, 0.1) is 0 Å². The number of carbonyl (C=O) groups is 1. The summed E-state index contributed by atoms with van der Waals surface area (Å²) in [7, 11) is 0. The maximum Gasteiger partial charge on any atom is 0.339 e. The maximum atomic E-state index is 11.1. The van der Waals surface area contributed by atoms with Crippen LogP contribution in [0.3, 0.4) is 0 Å². The topological polar surface area (TPSA) is 82.5 Å². The molecule has 1 heterocycles. The summed E-state index contributed by atoms with van der Waals surface area (Å²) in [6.07, 6.45) is 3.42. The van der Waals surface area contributed by atoms with Crippen molar-refractivity contribution in [3.8, 4) is 0 Å². The van der Waals surface area contributed by atoms with Crippen molar-refractivity contribution in [3.63, 3.8) is 0 Å². The normalized spacial score (nSPS) is 11.8. The molecular formula is C15H16N2O3. The molecule has 2 rings (SSSR count). The number of rotatable bonds is 6. The summed E-state index contributed by atoms with van der Waals surface area (Å²) in [4.78, 5) is 14.9. The summed E-state index contributed by atoms with van der Waals surface area (Å²) in [6.45, 7) is -0.0870. The second-order valence-corrected chi connectivity index (χ2v) is 4.44. The molecule has 0 saturated heterocycles. The highest BCUT2D eigenvalue weighted by Gasteiger charge is 2.14. The Balaban J connectivity index is 2.13. The number of aromatic carboxylic acids is 1. The molecule has 0 aliphatic heterocycles. The van der Waals surface area contributed by atoms with E-state index in [2.05, 4.69) is 10.3 Å².